The van der Waals surface area contributed by atoms with Crippen LogP contribution >= 0.6 is 0 Å². The molecular weight excluding hydrogens is 600 g/mol. The summed E-state index contributed by atoms with van der Waals surface area (Å²) in [6, 6.07) is 17.9. The lowest BCUT2D eigenvalue weighted by atomic mass is 10.0. The monoisotopic (exact) mass is 622 g/mol. The second-order valence-corrected chi connectivity index (χ2v) is 10.9. The van der Waals surface area contributed by atoms with Crippen LogP contribution in [0, 0.1) is 20.2 Å². The van der Waals surface area contributed by atoms with Crippen LogP contribution in [0.4, 0.5) is 22.7 Å². The Bertz CT molecular complexity index is 1680. The number of nitro benzene ring substituents is 2. The first kappa shape index (κ1) is 33.2. The van der Waals surface area contributed by atoms with Gasteiger partial charge in [-0.3, -0.25) is 20.2 Å². The number of quaternary nitrogens is 2. The molecule has 0 spiro atoms. The molecule has 0 amide bonds. The summed E-state index contributed by atoms with van der Waals surface area (Å²) in [7, 11) is -9.04. The maximum absolute atomic E-state index is 10.4. The molecular formula is C24H22N4O12S2. The second-order valence-electron chi connectivity index (χ2n) is 8.10. The minimum Gasteiger partial charge on any atom is -0.744 e. The number of phenolic OH excluding ortho intramolecular Hbond substituents is 2. The fraction of sp³-hybridized carbons (Fsp3) is 0. The van der Waals surface area contributed by atoms with E-state index in [2.05, 4.69) is 11.5 Å². The Kier molecular flexibility index (Phi) is 10.7. The van der Waals surface area contributed by atoms with Crippen LogP contribution in [0.2, 0.25) is 0 Å². The van der Waals surface area contributed by atoms with E-state index in [4.69, 9.17) is 0 Å². The quantitative estimate of drug-likeness (QED) is 0.140. The number of nitrogens with zero attached hydrogens (tertiary/aromatic N) is 2. The van der Waals surface area contributed by atoms with Crippen molar-refractivity contribution < 1.29 is 57.5 Å². The Labute approximate surface area is 237 Å². The molecule has 0 saturated carbocycles. The number of phenols is 2. The van der Waals surface area contributed by atoms with Crippen molar-refractivity contribution in [2.45, 2.75) is 9.79 Å². The molecule has 0 radical (unpaired) electrons. The number of rotatable bonds is 5. The van der Waals surface area contributed by atoms with Gasteiger partial charge in [-0.25, -0.2) is 16.8 Å². The summed E-state index contributed by atoms with van der Waals surface area (Å²) >= 11 is 0. The van der Waals surface area contributed by atoms with Gasteiger partial charge in [0.05, 0.1) is 19.6 Å². The molecule has 0 atom stereocenters. The highest BCUT2D eigenvalue weighted by atomic mass is 32.2. The molecule has 8 N–H and O–H groups in total. The largest absolute Gasteiger partial charge is 0.744 e. The molecule has 4 aromatic carbocycles. The number of hydrogen-bond acceptors (Lipinski definition) is 12. The molecule has 0 aliphatic carbocycles. The molecule has 18 heteroatoms. The Balaban J connectivity index is 0.000000222. The second kappa shape index (κ2) is 13.6. The van der Waals surface area contributed by atoms with Gasteiger partial charge < -0.3 is 30.8 Å². The molecule has 0 unspecified atom stereocenters. The molecule has 0 aliphatic heterocycles. The molecule has 0 saturated heterocycles. The van der Waals surface area contributed by atoms with E-state index in [-0.39, 0.29) is 22.9 Å². The summed E-state index contributed by atoms with van der Waals surface area (Å²) in [4.78, 5) is 18.0. The highest BCUT2D eigenvalue weighted by Gasteiger charge is 2.09. The van der Waals surface area contributed by atoms with E-state index in [1.807, 2.05) is 12.1 Å². The predicted octanol–water partition coefficient (Wildman–Crippen LogP) is 1.51. The zero-order valence-electron chi connectivity index (χ0n) is 21.2. The number of aromatic hydroxyl groups is 2. The Morgan fingerprint density at radius 1 is 0.548 bits per heavy atom. The minimum atomic E-state index is -4.52. The maximum Gasteiger partial charge on any atom is 0.269 e. The topological polar surface area (TPSA) is 296 Å². The SMILES string of the molecule is O=[N+]([O-])c1ccc(S(=O)(=O)[O-])cc1.O=[N+]([O-])c1ccc(S(=O)(=O)[O-])cc1.[NH3+]c1ccc(-c2ccc([NH3+])c(O)c2)cc1O. The van der Waals surface area contributed by atoms with E-state index in [9.17, 15) is 56.4 Å². The number of non-ortho nitro benzene ring substituents is 2. The average molecular weight is 623 g/mol. The Morgan fingerprint density at radius 2 is 0.833 bits per heavy atom. The number of benzene rings is 4. The van der Waals surface area contributed by atoms with Crippen LogP contribution in [0.25, 0.3) is 11.1 Å². The molecule has 0 bridgehead atoms. The summed E-state index contributed by atoms with van der Waals surface area (Å²) in [6.07, 6.45) is 0. The van der Waals surface area contributed by atoms with Crippen LogP contribution in [0.5, 0.6) is 11.5 Å². The van der Waals surface area contributed by atoms with Crippen LogP contribution in [-0.2, 0) is 20.2 Å². The third kappa shape index (κ3) is 9.59. The first-order valence-electron chi connectivity index (χ1n) is 11.1. The van der Waals surface area contributed by atoms with Crippen LogP contribution in [-0.4, -0.2) is 46.0 Å². The van der Waals surface area contributed by atoms with Crippen molar-refractivity contribution in [1.29, 1.82) is 0 Å². The highest BCUT2D eigenvalue weighted by Crippen LogP contribution is 2.30. The van der Waals surface area contributed by atoms with Gasteiger partial charge in [-0.15, -0.1) is 0 Å². The van der Waals surface area contributed by atoms with Crippen molar-refractivity contribution in [2.75, 3.05) is 0 Å². The van der Waals surface area contributed by atoms with Gasteiger partial charge in [0.2, 0.25) is 0 Å². The number of nitro groups is 2. The highest BCUT2D eigenvalue weighted by molar-refractivity contribution is 7.86. The van der Waals surface area contributed by atoms with E-state index in [0.717, 1.165) is 59.7 Å². The summed E-state index contributed by atoms with van der Waals surface area (Å²) in [6.45, 7) is 0. The van der Waals surface area contributed by atoms with Crippen LogP contribution in [0.3, 0.4) is 0 Å². The van der Waals surface area contributed by atoms with E-state index in [1.165, 1.54) is 0 Å². The van der Waals surface area contributed by atoms with Crippen molar-refractivity contribution in [3.63, 3.8) is 0 Å². The van der Waals surface area contributed by atoms with Gasteiger partial charge in [0.1, 0.15) is 20.2 Å². The lowest BCUT2D eigenvalue weighted by molar-refractivity contribution is -0.385. The standard InChI is InChI=1S/C12H12N2O2.2C6H5NO5S/c13-9-3-1-7(5-11(9)15)8-2-4-10(14)12(16)6-8;2*8-7(9)5-1-3-6(4-2-5)13(10,11)12/h1-6,15-16H,13-14H2;2*1-4H,(H,10,11,12). The smallest absolute Gasteiger partial charge is 0.269 e. The van der Waals surface area contributed by atoms with Crippen LogP contribution < -0.4 is 11.5 Å². The summed E-state index contributed by atoms with van der Waals surface area (Å²) in [5, 5.41) is 39.4. The molecule has 0 aromatic heterocycles. The van der Waals surface area contributed by atoms with E-state index >= 15 is 0 Å². The maximum atomic E-state index is 10.4. The van der Waals surface area contributed by atoms with Crippen LogP contribution in [0.1, 0.15) is 0 Å². The van der Waals surface area contributed by atoms with E-state index in [1.54, 1.807) is 24.3 Å². The van der Waals surface area contributed by atoms with Gasteiger partial charge in [-0.2, -0.15) is 0 Å². The van der Waals surface area contributed by atoms with Gasteiger partial charge in [-0.05, 0) is 59.7 Å². The van der Waals surface area contributed by atoms with Gasteiger partial charge in [0.15, 0.2) is 22.9 Å². The molecule has 0 fully saturated rings. The zero-order chi connectivity index (χ0) is 31.8. The number of hydrogen-bond donors (Lipinski definition) is 4. The third-order valence-corrected chi connectivity index (χ3v) is 6.88. The Morgan fingerprint density at radius 3 is 1.05 bits per heavy atom. The minimum absolute atomic E-state index is 0.149. The summed E-state index contributed by atoms with van der Waals surface area (Å²) in [5.74, 6) is 0.298. The van der Waals surface area contributed by atoms with Crippen molar-refractivity contribution in [2.24, 2.45) is 0 Å². The van der Waals surface area contributed by atoms with E-state index in [0.29, 0.717) is 11.4 Å². The van der Waals surface area contributed by atoms with Gasteiger partial charge in [0, 0.05) is 36.4 Å². The molecule has 4 aromatic rings. The van der Waals surface area contributed by atoms with Crippen molar-refractivity contribution in [3.8, 4) is 22.6 Å². The normalized spacial score (nSPS) is 10.9. The van der Waals surface area contributed by atoms with Crippen molar-refractivity contribution in [3.05, 3.63) is 105 Å². The van der Waals surface area contributed by atoms with Crippen molar-refractivity contribution in [1.82, 2.24) is 0 Å². The lowest BCUT2D eigenvalue weighted by Crippen LogP contribution is -2.40. The predicted molar refractivity (Wildman–Crippen MR) is 142 cm³/mol. The van der Waals surface area contributed by atoms with Gasteiger partial charge in [-0.1, -0.05) is 0 Å². The Hall–Kier alpha value is -4.98. The molecule has 4 rings (SSSR count). The third-order valence-electron chi connectivity index (χ3n) is 5.18. The molecule has 0 heterocycles. The first-order chi connectivity index (χ1) is 19.4. The van der Waals surface area contributed by atoms with Gasteiger partial charge >= 0.3 is 0 Å². The average Bonchev–Trinajstić information content (AvgIpc) is 2.91. The van der Waals surface area contributed by atoms with Crippen LogP contribution in [0.15, 0.2) is 94.7 Å². The molecule has 0 aliphatic rings. The fourth-order valence-corrected chi connectivity index (χ4v) is 3.89. The molecule has 222 valence electrons. The summed E-state index contributed by atoms with van der Waals surface area (Å²) < 4.78 is 62.3. The van der Waals surface area contributed by atoms with E-state index < -0.39 is 39.9 Å². The van der Waals surface area contributed by atoms with Gasteiger partial charge in [0.25, 0.3) is 11.4 Å². The fourth-order valence-electron chi connectivity index (χ4n) is 2.96. The van der Waals surface area contributed by atoms with Crippen molar-refractivity contribution >= 4 is 43.0 Å². The first-order valence-corrected chi connectivity index (χ1v) is 13.9. The molecule has 42 heavy (non-hydrogen) atoms. The zero-order valence-corrected chi connectivity index (χ0v) is 22.8. The molecule has 16 nitrogen and oxygen atoms in total. The summed E-state index contributed by atoms with van der Waals surface area (Å²) in [5.41, 5.74) is 9.68. The lowest BCUT2D eigenvalue weighted by Gasteiger charge is -2.04.